The summed E-state index contributed by atoms with van der Waals surface area (Å²) in [6, 6.07) is 11.7. The first-order valence-corrected chi connectivity index (χ1v) is 20.8. The number of urea groups is 1. The van der Waals surface area contributed by atoms with Gasteiger partial charge in [-0.1, -0.05) is 24.3 Å². The fraction of sp³-hybridized carbons (Fsp3) is 0.595. The highest BCUT2D eigenvalue weighted by atomic mass is 16.6. The quantitative estimate of drug-likeness (QED) is 0.204. The monoisotopic (exact) mass is 802 g/mol. The second-order valence-electron chi connectivity index (χ2n) is 16.4. The van der Waals surface area contributed by atoms with Gasteiger partial charge in [-0.3, -0.25) is 24.4 Å². The molecule has 3 saturated heterocycles. The number of amides is 4. The van der Waals surface area contributed by atoms with E-state index in [2.05, 4.69) is 25.0 Å². The lowest BCUT2D eigenvalue weighted by molar-refractivity contribution is -0.145. The molecule has 3 fully saturated rings. The number of fused-ring (bicyclic) bond motifs is 2. The molecule has 4 aliphatic heterocycles. The van der Waals surface area contributed by atoms with Gasteiger partial charge in [0.2, 0.25) is 0 Å². The Hall–Kier alpha value is -4.93. The maximum Gasteiger partial charge on any atom is 0.417 e. The molecule has 7 rings (SSSR count). The van der Waals surface area contributed by atoms with Crippen molar-refractivity contribution in [1.29, 1.82) is 0 Å². The Morgan fingerprint density at radius 2 is 1.62 bits per heavy atom. The molecule has 0 bridgehead atoms. The van der Waals surface area contributed by atoms with E-state index < -0.39 is 18.0 Å². The largest absolute Gasteiger partial charge is 0.465 e. The van der Waals surface area contributed by atoms with E-state index in [1.54, 1.807) is 15.9 Å². The summed E-state index contributed by atoms with van der Waals surface area (Å²) in [6.45, 7) is 8.92. The molecule has 314 valence electrons. The number of carbonyl (C=O) groups is 4. The number of piperidine rings is 2. The first-order valence-electron chi connectivity index (χ1n) is 20.8. The normalized spacial score (nSPS) is 19.5. The number of oxazole rings is 1. The number of piperazine rings is 1. The lowest BCUT2D eigenvalue weighted by Gasteiger charge is -2.43. The minimum absolute atomic E-state index is 0.0235. The van der Waals surface area contributed by atoms with Gasteiger partial charge in [0.15, 0.2) is 11.7 Å². The fourth-order valence-corrected chi connectivity index (χ4v) is 8.85. The van der Waals surface area contributed by atoms with Crippen LogP contribution in [-0.2, 0) is 31.9 Å². The highest BCUT2D eigenvalue weighted by Crippen LogP contribution is 2.26. The molecular weight excluding hydrogens is 745 g/mol. The Labute approximate surface area is 339 Å². The highest BCUT2D eigenvalue weighted by molar-refractivity contribution is 5.91. The molecule has 0 radical (unpaired) electrons. The molecule has 2 N–H and O–H groups in total. The summed E-state index contributed by atoms with van der Waals surface area (Å²) >= 11 is 0. The number of rotatable bonds is 12. The molecule has 5 heterocycles. The standard InChI is InChI=1S/C42H58N8O8/c1-29-25-30(26-35-38(29)44-41(54)57-35)27-36(58-42(55)49-17-12-33(13-18-49)50-19-9-31-7-4-5-8-34(31)43-40(50)53)39(52)48-22-20-47(21-23-48)32-10-15-46(16-11-32)28-37(51)56-24-6-14-45(2)3/h4-5,7-8,25-26,32-33,36H,6,9-24,27-28H2,1-3H3,(H,43,53)(H,44,54)/t36-/m1/s1. The number of aromatic nitrogens is 1. The molecule has 4 aliphatic rings. The van der Waals surface area contributed by atoms with Crippen molar-refractivity contribution in [2.75, 3.05) is 98.0 Å². The van der Waals surface area contributed by atoms with Crippen LogP contribution in [0.5, 0.6) is 0 Å². The number of ether oxygens (including phenoxy) is 2. The topological polar surface area (TPSA) is 164 Å². The Bertz CT molecular complexity index is 1970. The minimum Gasteiger partial charge on any atom is -0.465 e. The average molecular weight is 803 g/mol. The van der Waals surface area contributed by atoms with Crippen LogP contribution in [0.2, 0.25) is 0 Å². The SMILES string of the molecule is Cc1cc(C[C@@H](OC(=O)N2CCC(N3CCc4ccccc4NC3=O)CC2)C(=O)N2CCN(C3CCN(CC(=O)OCCCN(C)C)CC3)CC2)cc2oc(=O)[nH]c12. The molecule has 1 aromatic heterocycles. The van der Waals surface area contributed by atoms with Gasteiger partial charge < -0.3 is 38.8 Å². The number of carbonyl (C=O) groups excluding carboxylic acids is 4. The molecule has 0 aliphatic carbocycles. The Morgan fingerprint density at radius 3 is 2.36 bits per heavy atom. The van der Waals surface area contributed by atoms with Gasteiger partial charge in [-0.15, -0.1) is 0 Å². The lowest BCUT2D eigenvalue weighted by Crippen LogP contribution is -2.57. The number of hydrogen-bond donors (Lipinski definition) is 2. The summed E-state index contributed by atoms with van der Waals surface area (Å²) in [5.41, 5.74) is 4.42. The molecule has 58 heavy (non-hydrogen) atoms. The fourth-order valence-electron chi connectivity index (χ4n) is 8.85. The maximum atomic E-state index is 14.3. The number of nitrogens with zero attached hydrogens (tertiary/aromatic N) is 6. The number of esters is 1. The van der Waals surface area contributed by atoms with E-state index in [1.165, 1.54) is 0 Å². The predicted octanol–water partition coefficient (Wildman–Crippen LogP) is 3.14. The second-order valence-corrected chi connectivity index (χ2v) is 16.4. The van der Waals surface area contributed by atoms with Crippen LogP contribution in [0.25, 0.3) is 11.1 Å². The number of benzene rings is 2. The number of anilines is 1. The van der Waals surface area contributed by atoms with Crippen LogP contribution in [0.3, 0.4) is 0 Å². The number of nitrogens with one attached hydrogen (secondary N) is 2. The van der Waals surface area contributed by atoms with E-state index in [-0.39, 0.29) is 30.4 Å². The Balaban J connectivity index is 0.935. The third-order valence-corrected chi connectivity index (χ3v) is 12.1. The number of H-pyrrole nitrogens is 1. The minimum atomic E-state index is -1.08. The maximum absolute atomic E-state index is 14.3. The van der Waals surface area contributed by atoms with Crippen LogP contribution in [0.1, 0.15) is 48.8 Å². The summed E-state index contributed by atoms with van der Waals surface area (Å²) in [5.74, 6) is -0.988. The van der Waals surface area contributed by atoms with Gasteiger partial charge in [-0.05, 0) is 88.4 Å². The van der Waals surface area contributed by atoms with Crippen LogP contribution in [-0.4, -0.2) is 169 Å². The van der Waals surface area contributed by atoms with Gasteiger partial charge in [0, 0.05) is 89.6 Å². The second kappa shape index (κ2) is 18.8. The molecule has 2 aromatic carbocycles. The van der Waals surface area contributed by atoms with Gasteiger partial charge >= 0.3 is 23.8 Å². The number of aryl methyl sites for hydroxylation is 1. The number of aromatic amines is 1. The number of likely N-dealkylation sites (tertiary alicyclic amines) is 2. The van der Waals surface area contributed by atoms with Crippen molar-refractivity contribution in [2.24, 2.45) is 0 Å². The summed E-state index contributed by atoms with van der Waals surface area (Å²) < 4.78 is 16.9. The third kappa shape index (κ3) is 10.2. The Kier molecular flexibility index (Phi) is 13.3. The van der Waals surface area contributed by atoms with Gasteiger partial charge in [0.1, 0.15) is 0 Å². The zero-order valence-electron chi connectivity index (χ0n) is 34.1. The van der Waals surface area contributed by atoms with Gasteiger partial charge in [-0.25, -0.2) is 14.4 Å². The summed E-state index contributed by atoms with van der Waals surface area (Å²) in [5, 5.41) is 3.04. The first kappa shape index (κ1) is 41.2. The summed E-state index contributed by atoms with van der Waals surface area (Å²) in [6.07, 6.45) is 3.12. The molecule has 0 spiro atoms. The number of para-hydroxylation sites is 1. The van der Waals surface area contributed by atoms with Crippen LogP contribution in [0.4, 0.5) is 15.3 Å². The van der Waals surface area contributed by atoms with Crippen molar-refractivity contribution in [3.8, 4) is 0 Å². The molecule has 16 nitrogen and oxygen atoms in total. The van der Waals surface area contributed by atoms with Crippen LogP contribution < -0.4 is 11.1 Å². The van der Waals surface area contributed by atoms with Crippen molar-refractivity contribution in [3.05, 3.63) is 63.6 Å². The van der Waals surface area contributed by atoms with E-state index in [0.717, 1.165) is 62.1 Å². The van der Waals surface area contributed by atoms with Gasteiger partial charge in [0.25, 0.3) is 5.91 Å². The van der Waals surface area contributed by atoms with Crippen molar-refractivity contribution >= 4 is 40.8 Å². The molecule has 16 heteroatoms. The first-order chi connectivity index (χ1) is 28.0. The van der Waals surface area contributed by atoms with Gasteiger partial charge in [0.05, 0.1) is 18.7 Å². The van der Waals surface area contributed by atoms with Crippen LogP contribution >= 0.6 is 0 Å². The van der Waals surface area contributed by atoms with E-state index in [0.29, 0.717) is 94.5 Å². The zero-order valence-corrected chi connectivity index (χ0v) is 34.1. The molecule has 1 atom stereocenters. The lowest BCUT2D eigenvalue weighted by atomic mass is 10.0. The van der Waals surface area contributed by atoms with Crippen molar-refractivity contribution in [3.63, 3.8) is 0 Å². The molecule has 3 aromatic rings. The molecule has 0 unspecified atom stereocenters. The molecule has 4 amide bonds. The highest BCUT2D eigenvalue weighted by Gasteiger charge is 2.37. The van der Waals surface area contributed by atoms with Crippen LogP contribution in [0.15, 0.2) is 45.6 Å². The smallest absolute Gasteiger partial charge is 0.417 e. The third-order valence-electron chi connectivity index (χ3n) is 12.1. The molecule has 0 saturated carbocycles. The average Bonchev–Trinajstić information content (AvgIpc) is 3.51. The summed E-state index contributed by atoms with van der Waals surface area (Å²) in [7, 11) is 4.00. The van der Waals surface area contributed by atoms with Crippen molar-refractivity contribution in [1.82, 2.24) is 34.4 Å². The van der Waals surface area contributed by atoms with Crippen molar-refractivity contribution < 1.29 is 33.1 Å². The van der Waals surface area contributed by atoms with Crippen molar-refractivity contribution in [2.45, 2.75) is 70.1 Å². The Morgan fingerprint density at radius 1 is 0.897 bits per heavy atom. The number of hydrogen-bond acceptors (Lipinski definition) is 11. The zero-order chi connectivity index (χ0) is 40.8. The van der Waals surface area contributed by atoms with Gasteiger partial charge in [-0.2, -0.15) is 0 Å². The van der Waals surface area contributed by atoms with E-state index in [1.807, 2.05) is 56.3 Å². The van der Waals surface area contributed by atoms with Crippen LogP contribution in [0, 0.1) is 6.92 Å². The van der Waals surface area contributed by atoms with E-state index in [9.17, 15) is 24.0 Å². The predicted molar refractivity (Wildman–Crippen MR) is 218 cm³/mol. The molecular formula is C42H58N8O8. The summed E-state index contributed by atoms with van der Waals surface area (Å²) in [4.78, 5) is 80.3. The van der Waals surface area contributed by atoms with E-state index in [4.69, 9.17) is 13.9 Å². The van der Waals surface area contributed by atoms with E-state index >= 15 is 0 Å².